The molecule has 0 amide bonds. The molecule has 0 bridgehead atoms. The van der Waals surface area contributed by atoms with Crippen LogP contribution in [0.3, 0.4) is 0 Å². The lowest BCUT2D eigenvalue weighted by Crippen LogP contribution is -2.05. The number of nitrogens with one attached hydrogen (secondary N) is 1. The highest BCUT2D eigenvalue weighted by Crippen LogP contribution is 2.26. The van der Waals surface area contributed by atoms with Crippen molar-refractivity contribution >= 4 is 17.4 Å². The molecule has 4 rings (SSSR count). The van der Waals surface area contributed by atoms with Crippen LogP contribution >= 0.6 is 0 Å². The number of para-hydroxylation sites is 2. The number of nitrogens with zero attached hydrogens (tertiary/aromatic N) is 7. The number of rotatable bonds is 4. The molecule has 0 atom stereocenters. The number of aromatic nitrogens is 7. The number of methoxy groups -OCH3 is 1. The molecule has 0 saturated carbocycles. The minimum absolute atomic E-state index is 0.432. The Balaban J connectivity index is 1.72. The molecule has 0 aliphatic rings. The maximum atomic E-state index is 5.33. The zero-order valence-electron chi connectivity index (χ0n) is 13.6. The molecule has 1 N–H and O–H groups in total. The molecule has 0 fully saturated rings. The van der Waals surface area contributed by atoms with Crippen molar-refractivity contribution in [2.45, 2.75) is 6.92 Å². The molecule has 124 valence electrons. The average molecular weight is 334 g/mol. The van der Waals surface area contributed by atoms with Gasteiger partial charge in [0.15, 0.2) is 0 Å². The molecule has 0 aliphatic heterocycles. The van der Waals surface area contributed by atoms with Crippen molar-refractivity contribution in [1.82, 2.24) is 34.8 Å². The summed E-state index contributed by atoms with van der Waals surface area (Å²) in [5.74, 6) is 1.58. The van der Waals surface area contributed by atoms with E-state index in [0.29, 0.717) is 28.9 Å². The van der Waals surface area contributed by atoms with Gasteiger partial charge in [-0.15, -0.1) is 10.2 Å². The zero-order valence-corrected chi connectivity index (χ0v) is 13.6. The van der Waals surface area contributed by atoms with E-state index in [1.165, 1.54) is 6.33 Å². The van der Waals surface area contributed by atoms with Crippen molar-refractivity contribution in [1.29, 1.82) is 0 Å². The van der Waals surface area contributed by atoms with Crippen LogP contribution in [0.5, 0.6) is 5.75 Å². The number of benzene rings is 1. The van der Waals surface area contributed by atoms with Gasteiger partial charge in [0, 0.05) is 6.20 Å². The summed E-state index contributed by atoms with van der Waals surface area (Å²) in [5, 5.41) is 15.6. The highest BCUT2D eigenvalue weighted by molar-refractivity contribution is 5.64. The smallest absolute Gasteiger partial charge is 0.271 e. The lowest BCUT2D eigenvalue weighted by atomic mass is 10.2. The van der Waals surface area contributed by atoms with Crippen molar-refractivity contribution in [2.75, 3.05) is 12.4 Å². The van der Waals surface area contributed by atoms with Crippen LogP contribution in [-0.4, -0.2) is 41.9 Å². The quantitative estimate of drug-likeness (QED) is 0.605. The number of ether oxygens (including phenoxy) is 1. The molecular weight excluding hydrogens is 320 g/mol. The average Bonchev–Trinajstić information content (AvgIpc) is 3.12. The van der Waals surface area contributed by atoms with E-state index in [9.17, 15) is 0 Å². The minimum atomic E-state index is 0.432. The van der Waals surface area contributed by atoms with Crippen LogP contribution in [0.4, 0.5) is 11.6 Å². The van der Waals surface area contributed by atoms with Gasteiger partial charge in [-0.3, -0.25) is 0 Å². The topological polar surface area (TPSA) is 103 Å². The van der Waals surface area contributed by atoms with Gasteiger partial charge in [-0.25, -0.2) is 9.97 Å². The Kier molecular flexibility index (Phi) is 3.65. The number of fused-ring (bicyclic) bond motifs is 1. The van der Waals surface area contributed by atoms with Gasteiger partial charge in [-0.2, -0.15) is 14.6 Å². The highest BCUT2D eigenvalue weighted by Gasteiger charge is 2.13. The first-order valence-corrected chi connectivity index (χ1v) is 7.53. The molecule has 1 aromatic carbocycles. The molecule has 0 unspecified atom stereocenters. The number of hydrogen-bond donors (Lipinski definition) is 1. The lowest BCUT2D eigenvalue weighted by molar-refractivity contribution is 0.417. The third-order valence-electron chi connectivity index (χ3n) is 3.68. The van der Waals surface area contributed by atoms with Crippen LogP contribution < -0.4 is 10.1 Å². The molecule has 9 heteroatoms. The Morgan fingerprint density at radius 1 is 1.08 bits per heavy atom. The largest absolute Gasteiger partial charge is 0.495 e. The van der Waals surface area contributed by atoms with Crippen LogP contribution in [0.2, 0.25) is 0 Å². The normalized spacial score (nSPS) is 10.8. The zero-order chi connectivity index (χ0) is 17.2. The summed E-state index contributed by atoms with van der Waals surface area (Å²) in [5.41, 5.74) is 2.82. The molecule has 4 aromatic rings. The lowest BCUT2D eigenvalue weighted by Gasteiger charge is -2.10. The molecule has 0 radical (unpaired) electrons. The highest BCUT2D eigenvalue weighted by atomic mass is 16.5. The Morgan fingerprint density at radius 3 is 2.84 bits per heavy atom. The molecule has 0 saturated heterocycles. The summed E-state index contributed by atoms with van der Waals surface area (Å²) < 4.78 is 6.95. The van der Waals surface area contributed by atoms with Crippen LogP contribution in [0, 0.1) is 6.92 Å². The van der Waals surface area contributed by atoms with Crippen LogP contribution in [0.1, 0.15) is 5.69 Å². The molecule has 0 aliphatic carbocycles. The molecule has 9 nitrogen and oxygen atoms in total. The third kappa shape index (κ3) is 2.71. The first-order chi connectivity index (χ1) is 12.3. The van der Waals surface area contributed by atoms with Gasteiger partial charge in [0.1, 0.15) is 17.8 Å². The van der Waals surface area contributed by atoms with Gasteiger partial charge in [-0.1, -0.05) is 12.1 Å². The summed E-state index contributed by atoms with van der Waals surface area (Å²) in [7, 11) is 1.62. The van der Waals surface area contributed by atoms with E-state index in [-0.39, 0.29) is 0 Å². The van der Waals surface area contributed by atoms with Crippen molar-refractivity contribution < 1.29 is 4.74 Å². The van der Waals surface area contributed by atoms with E-state index >= 15 is 0 Å². The van der Waals surface area contributed by atoms with E-state index < -0.39 is 0 Å². The van der Waals surface area contributed by atoms with Crippen molar-refractivity contribution in [3.8, 4) is 17.1 Å². The van der Waals surface area contributed by atoms with Gasteiger partial charge in [0.25, 0.3) is 5.78 Å². The number of hydrogen-bond acceptors (Lipinski definition) is 8. The van der Waals surface area contributed by atoms with E-state index in [0.717, 1.165) is 11.4 Å². The SMILES string of the molecule is COc1ccccc1Nc1nccc(-c2nnc3ncnn3c2C)n1. The molecule has 25 heavy (non-hydrogen) atoms. The van der Waals surface area contributed by atoms with E-state index in [1.807, 2.05) is 31.2 Å². The monoisotopic (exact) mass is 334 g/mol. The third-order valence-corrected chi connectivity index (χ3v) is 3.68. The first kappa shape index (κ1) is 14.9. The summed E-state index contributed by atoms with van der Waals surface area (Å²) in [6.07, 6.45) is 3.10. The van der Waals surface area contributed by atoms with E-state index in [1.54, 1.807) is 23.9 Å². The predicted octanol–water partition coefficient (Wildman–Crippen LogP) is 2.04. The summed E-state index contributed by atoms with van der Waals surface area (Å²) in [4.78, 5) is 12.8. The first-order valence-electron chi connectivity index (χ1n) is 7.53. The van der Waals surface area contributed by atoms with Gasteiger partial charge in [-0.05, 0) is 25.1 Å². The van der Waals surface area contributed by atoms with Gasteiger partial charge in [0.05, 0.1) is 24.2 Å². The summed E-state index contributed by atoms with van der Waals surface area (Å²) in [6.45, 7) is 1.89. The van der Waals surface area contributed by atoms with Crippen LogP contribution in [-0.2, 0) is 0 Å². The maximum Gasteiger partial charge on any atom is 0.271 e. The van der Waals surface area contributed by atoms with Crippen LogP contribution in [0.15, 0.2) is 42.9 Å². The Labute approximate surface area is 142 Å². The van der Waals surface area contributed by atoms with Crippen LogP contribution in [0.25, 0.3) is 17.2 Å². The molecule has 3 aromatic heterocycles. The fourth-order valence-corrected chi connectivity index (χ4v) is 2.46. The van der Waals surface area contributed by atoms with Gasteiger partial charge >= 0.3 is 0 Å². The fourth-order valence-electron chi connectivity index (χ4n) is 2.46. The predicted molar refractivity (Wildman–Crippen MR) is 90.6 cm³/mol. The standard InChI is InChI=1S/C16H14N8O/c1-10-14(22-23-16-18-9-19-24(10)16)12-7-8-17-15(21-12)20-11-5-3-4-6-13(11)25-2/h3-9H,1-2H3,(H,17,20,21). The molecule has 3 heterocycles. The van der Waals surface area contributed by atoms with Crippen molar-refractivity contribution in [3.05, 3.63) is 48.5 Å². The van der Waals surface area contributed by atoms with Crippen molar-refractivity contribution in [3.63, 3.8) is 0 Å². The second-order valence-corrected chi connectivity index (χ2v) is 5.20. The Hall–Kier alpha value is -3.62. The van der Waals surface area contributed by atoms with E-state index in [4.69, 9.17) is 4.74 Å². The van der Waals surface area contributed by atoms with E-state index in [2.05, 4.69) is 35.6 Å². The minimum Gasteiger partial charge on any atom is -0.495 e. The van der Waals surface area contributed by atoms with Crippen molar-refractivity contribution in [2.24, 2.45) is 0 Å². The Morgan fingerprint density at radius 2 is 1.96 bits per heavy atom. The van der Waals surface area contributed by atoms with Gasteiger partial charge in [0.2, 0.25) is 5.95 Å². The molecule has 0 spiro atoms. The summed E-state index contributed by atoms with van der Waals surface area (Å²) in [6, 6.07) is 9.32. The fraction of sp³-hybridized carbons (Fsp3) is 0.125. The second kappa shape index (κ2) is 6.11. The number of aryl methyl sites for hydroxylation is 1. The Bertz CT molecular complexity index is 1050. The molecular formula is C16H14N8O. The second-order valence-electron chi connectivity index (χ2n) is 5.20. The number of anilines is 2. The maximum absolute atomic E-state index is 5.33. The summed E-state index contributed by atoms with van der Waals surface area (Å²) >= 11 is 0. The van der Waals surface area contributed by atoms with Gasteiger partial charge < -0.3 is 10.1 Å².